The Morgan fingerprint density at radius 3 is 2.31 bits per heavy atom. The van der Waals surface area contributed by atoms with E-state index in [1.165, 1.54) is 16.7 Å². The lowest BCUT2D eigenvalue weighted by atomic mass is 10.0. The summed E-state index contributed by atoms with van der Waals surface area (Å²) in [6.07, 6.45) is 5.02. The van der Waals surface area contributed by atoms with Gasteiger partial charge in [0.2, 0.25) is 0 Å². The van der Waals surface area contributed by atoms with Crippen molar-refractivity contribution in [3.63, 3.8) is 0 Å². The maximum atomic E-state index is 12.6. The van der Waals surface area contributed by atoms with Gasteiger partial charge in [-0.05, 0) is 62.1 Å². The molecule has 2 nitrogen and oxygen atoms in total. The molecule has 3 aromatic rings. The Morgan fingerprint density at radius 1 is 0.966 bits per heavy atom. The average molecular weight is 405 g/mol. The Bertz CT molecular complexity index is 972. The summed E-state index contributed by atoms with van der Waals surface area (Å²) in [6, 6.07) is 23.2. The number of esters is 1. The van der Waals surface area contributed by atoms with Crippen LogP contribution in [0.25, 0.3) is 6.08 Å². The molecule has 0 unspecified atom stereocenters. The topological polar surface area (TPSA) is 26.3 Å². The lowest BCUT2D eigenvalue weighted by Crippen LogP contribution is -2.17. The first-order chi connectivity index (χ1) is 14.0. The zero-order valence-electron chi connectivity index (χ0n) is 16.8. The van der Waals surface area contributed by atoms with Gasteiger partial charge < -0.3 is 4.74 Å². The van der Waals surface area contributed by atoms with E-state index in [2.05, 4.69) is 32.0 Å². The third kappa shape index (κ3) is 6.33. The van der Waals surface area contributed by atoms with Crippen LogP contribution in [0.5, 0.6) is 0 Å². The van der Waals surface area contributed by atoms with Crippen LogP contribution in [0.3, 0.4) is 0 Å². The summed E-state index contributed by atoms with van der Waals surface area (Å²) in [5, 5.41) is 0.672. The van der Waals surface area contributed by atoms with E-state index in [9.17, 15) is 4.79 Å². The van der Waals surface area contributed by atoms with Crippen LogP contribution in [0.1, 0.15) is 39.0 Å². The molecule has 148 valence electrons. The maximum absolute atomic E-state index is 12.6. The van der Waals surface area contributed by atoms with Crippen LogP contribution in [-0.2, 0) is 11.2 Å². The highest BCUT2D eigenvalue weighted by atomic mass is 35.5. The molecular formula is C26H25ClO2. The Balaban J connectivity index is 1.76. The number of rotatable bonds is 7. The summed E-state index contributed by atoms with van der Waals surface area (Å²) in [6.45, 7) is 4.20. The van der Waals surface area contributed by atoms with Crippen LogP contribution in [0, 0.1) is 13.8 Å². The Hall–Kier alpha value is -2.84. The quantitative estimate of drug-likeness (QED) is 0.403. The van der Waals surface area contributed by atoms with Crippen molar-refractivity contribution >= 4 is 23.6 Å². The largest absolute Gasteiger partial charge is 0.455 e. The zero-order valence-corrected chi connectivity index (χ0v) is 17.5. The molecule has 0 aliphatic heterocycles. The lowest BCUT2D eigenvalue weighted by molar-refractivity contribution is 0.0382. The SMILES string of the molecule is Cc1cc(C)cc(CC[C@H](/C=C/c2ccccc2Cl)OC(=O)c2ccccc2)c1. The third-order valence-corrected chi connectivity index (χ3v) is 5.01. The molecule has 0 aromatic heterocycles. The standard InChI is InChI=1S/C26H25ClO2/c1-19-16-20(2)18-21(17-19)12-14-24(15-13-22-8-6-7-11-25(22)27)29-26(28)23-9-4-3-5-10-23/h3-11,13,15-18,24H,12,14H2,1-2H3/b15-13+/t24-/m1/s1. The number of ether oxygens (including phenoxy) is 1. The number of benzene rings is 3. The third-order valence-electron chi connectivity index (χ3n) is 4.66. The zero-order chi connectivity index (χ0) is 20.6. The van der Waals surface area contributed by atoms with Crippen molar-refractivity contribution in [2.24, 2.45) is 0 Å². The molecular weight excluding hydrogens is 380 g/mol. The monoisotopic (exact) mass is 404 g/mol. The van der Waals surface area contributed by atoms with E-state index in [1.54, 1.807) is 12.1 Å². The predicted molar refractivity (Wildman–Crippen MR) is 120 cm³/mol. The molecule has 0 saturated carbocycles. The van der Waals surface area contributed by atoms with Gasteiger partial charge in [0.1, 0.15) is 6.10 Å². The summed E-state index contributed by atoms with van der Waals surface area (Å²) in [5.74, 6) is -0.320. The first kappa shape index (κ1) is 20.9. The van der Waals surface area contributed by atoms with Gasteiger partial charge in [-0.1, -0.05) is 83.4 Å². The van der Waals surface area contributed by atoms with Gasteiger partial charge in [0.05, 0.1) is 5.56 Å². The van der Waals surface area contributed by atoms with Gasteiger partial charge in [-0.2, -0.15) is 0 Å². The predicted octanol–water partition coefficient (Wildman–Crippen LogP) is 6.83. The Labute approximate surface area is 177 Å². The summed E-state index contributed by atoms with van der Waals surface area (Å²) in [4.78, 5) is 12.6. The second-order valence-electron chi connectivity index (χ2n) is 7.23. The summed E-state index contributed by atoms with van der Waals surface area (Å²) in [7, 11) is 0. The minimum absolute atomic E-state index is 0.320. The average Bonchev–Trinajstić information content (AvgIpc) is 2.71. The highest BCUT2D eigenvalue weighted by molar-refractivity contribution is 6.32. The van der Waals surface area contributed by atoms with Crippen LogP contribution in [0.2, 0.25) is 5.02 Å². The van der Waals surface area contributed by atoms with Gasteiger partial charge in [0.15, 0.2) is 0 Å². The van der Waals surface area contributed by atoms with E-state index in [-0.39, 0.29) is 12.1 Å². The molecule has 0 heterocycles. The molecule has 0 saturated heterocycles. The van der Waals surface area contributed by atoms with Gasteiger partial charge in [-0.15, -0.1) is 0 Å². The van der Waals surface area contributed by atoms with E-state index in [0.717, 1.165) is 12.0 Å². The number of hydrogen-bond acceptors (Lipinski definition) is 2. The van der Waals surface area contributed by atoms with Crippen molar-refractivity contribution in [1.82, 2.24) is 0 Å². The molecule has 0 amide bonds. The highest BCUT2D eigenvalue weighted by Crippen LogP contribution is 2.19. The summed E-state index contributed by atoms with van der Waals surface area (Å²) >= 11 is 6.26. The fourth-order valence-corrected chi connectivity index (χ4v) is 3.52. The summed E-state index contributed by atoms with van der Waals surface area (Å²) in [5.41, 5.74) is 5.18. The molecule has 0 spiro atoms. The lowest BCUT2D eigenvalue weighted by Gasteiger charge is -2.15. The van der Waals surface area contributed by atoms with Gasteiger partial charge in [0, 0.05) is 5.02 Å². The van der Waals surface area contributed by atoms with Crippen molar-refractivity contribution in [1.29, 1.82) is 0 Å². The van der Waals surface area contributed by atoms with Crippen molar-refractivity contribution in [3.8, 4) is 0 Å². The van der Waals surface area contributed by atoms with Crippen molar-refractivity contribution in [3.05, 3.63) is 112 Å². The molecule has 3 rings (SSSR count). The molecule has 0 bridgehead atoms. The Kier molecular flexibility index (Phi) is 7.26. The van der Waals surface area contributed by atoms with Crippen molar-refractivity contribution in [2.75, 3.05) is 0 Å². The molecule has 0 fully saturated rings. The first-order valence-corrected chi connectivity index (χ1v) is 10.1. The number of hydrogen-bond donors (Lipinski definition) is 0. The van der Waals surface area contributed by atoms with Crippen LogP contribution in [0.4, 0.5) is 0 Å². The molecule has 1 atom stereocenters. The van der Waals surface area contributed by atoms with Crippen LogP contribution >= 0.6 is 11.6 Å². The van der Waals surface area contributed by atoms with E-state index in [1.807, 2.05) is 54.6 Å². The number of halogens is 1. The maximum Gasteiger partial charge on any atom is 0.338 e. The van der Waals surface area contributed by atoms with Crippen LogP contribution < -0.4 is 0 Å². The van der Waals surface area contributed by atoms with E-state index < -0.39 is 0 Å². The van der Waals surface area contributed by atoms with E-state index in [0.29, 0.717) is 17.0 Å². The van der Waals surface area contributed by atoms with Gasteiger partial charge in [-0.3, -0.25) is 0 Å². The van der Waals surface area contributed by atoms with Crippen LogP contribution in [-0.4, -0.2) is 12.1 Å². The number of aryl methyl sites for hydroxylation is 3. The van der Waals surface area contributed by atoms with Crippen LogP contribution in [0.15, 0.2) is 78.9 Å². The number of carbonyl (C=O) groups excluding carboxylic acids is 1. The second kappa shape index (κ2) is 10.1. The molecule has 0 N–H and O–H groups in total. The molecule has 29 heavy (non-hydrogen) atoms. The van der Waals surface area contributed by atoms with Crippen molar-refractivity contribution in [2.45, 2.75) is 32.8 Å². The normalized spacial score (nSPS) is 12.1. The second-order valence-corrected chi connectivity index (χ2v) is 7.63. The fourth-order valence-electron chi connectivity index (χ4n) is 3.32. The van der Waals surface area contributed by atoms with Gasteiger partial charge in [-0.25, -0.2) is 4.79 Å². The molecule has 0 aliphatic carbocycles. The first-order valence-electron chi connectivity index (χ1n) is 9.77. The Morgan fingerprint density at radius 2 is 1.62 bits per heavy atom. The van der Waals surface area contributed by atoms with Gasteiger partial charge >= 0.3 is 5.97 Å². The molecule has 3 heteroatoms. The highest BCUT2D eigenvalue weighted by Gasteiger charge is 2.14. The molecule has 0 radical (unpaired) electrons. The van der Waals surface area contributed by atoms with Gasteiger partial charge in [0.25, 0.3) is 0 Å². The minimum atomic E-state index is -0.347. The fraction of sp³-hybridized carbons (Fsp3) is 0.192. The number of carbonyl (C=O) groups is 1. The van der Waals surface area contributed by atoms with E-state index in [4.69, 9.17) is 16.3 Å². The minimum Gasteiger partial charge on any atom is -0.455 e. The van der Waals surface area contributed by atoms with Crippen molar-refractivity contribution < 1.29 is 9.53 Å². The summed E-state index contributed by atoms with van der Waals surface area (Å²) < 4.78 is 5.81. The van der Waals surface area contributed by atoms with E-state index >= 15 is 0 Å². The smallest absolute Gasteiger partial charge is 0.338 e. The molecule has 3 aromatic carbocycles. The molecule has 0 aliphatic rings.